The normalized spacial score (nSPS) is 13.7. The van der Waals surface area contributed by atoms with Gasteiger partial charge in [-0.3, -0.25) is 4.79 Å². The van der Waals surface area contributed by atoms with Gasteiger partial charge >= 0.3 is 0 Å². The van der Waals surface area contributed by atoms with Crippen LogP contribution in [0.1, 0.15) is 28.4 Å². The highest BCUT2D eigenvalue weighted by Crippen LogP contribution is 2.32. The Morgan fingerprint density at radius 3 is 2.40 bits per heavy atom. The molecule has 3 aromatic carbocycles. The summed E-state index contributed by atoms with van der Waals surface area (Å²) in [7, 11) is 0. The highest BCUT2D eigenvalue weighted by Gasteiger charge is 2.19. The molecule has 1 unspecified atom stereocenters. The van der Waals surface area contributed by atoms with E-state index in [0.29, 0.717) is 12.0 Å². The molecule has 1 heterocycles. The first-order chi connectivity index (χ1) is 14.7. The molecule has 5 nitrogen and oxygen atoms in total. The molecule has 152 valence electrons. The number of ketones is 1. The molecular weight excluding hydrogens is 378 g/mol. The van der Waals surface area contributed by atoms with Gasteiger partial charge in [-0.05, 0) is 36.6 Å². The molecular formula is C25H23NO4. The van der Waals surface area contributed by atoms with Crippen LogP contribution in [0.2, 0.25) is 0 Å². The molecule has 0 spiro atoms. The van der Waals surface area contributed by atoms with Gasteiger partial charge in [-0.1, -0.05) is 66.7 Å². The van der Waals surface area contributed by atoms with Crippen LogP contribution in [-0.4, -0.2) is 24.5 Å². The number of Topliss-reactive ketones (excluding diaryl/α,β-unsaturated/α-hetero) is 1. The highest BCUT2D eigenvalue weighted by atomic mass is 16.7. The molecule has 1 aliphatic rings. The second kappa shape index (κ2) is 9.27. The van der Waals surface area contributed by atoms with E-state index >= 15 is 0 Å². The third kappa shape index (κ3) is 4.87. The number of rotatable bonds is 7. The maximum atomic E-state index is 13.0. The van der Waals surface area contributed by atoms with Crippen molar-refractivity contribution in [1.29, 1.82) is 0 Å². The van der Waals surface area contributed by atoms with Crippen LogP contribution in [-0.2, 0) is 17.8 Å². The summed E-state index contributed by atoms with van der Waals surface area (Å²) in [6, 6.07) is 24.5. The number of hydrogen-bond donors (Lipinski definition) is 0. The van der Waals surface area contributed by atoms with Gasteiger partial charge in [0.1, 0.15) is 6.61 Å². The lowest BCUT2D eigenvalue weighted by Gasteiger charge is -2.13. The van der Waals surface area contributed by atoms with E-state index in [1.807, 2.05) is 73.7 Å². The van der Waals surface area contributed by atoms with Crippen LogP contribution >= 0.6 is 0 Å². The quantitative estimate of drug-likeness (QED) is 0.323. The van der Waals surface area contributed by atoms with Crippen molar-refractivity contribution >= 4 is 11.7 Å². The first kappa shape index (κ1) is 19.7. The number of hydrogen-bond acceptors (Lipinski definition) is 5. The van der Waals surface area contributed by atoms with Gasteiger partial charge in [0, 0.05) is 5.56 Å². The molecule has 30 heavy (non-hydrogen) atoms. The number of carbonyl (C=O) groups is 1. The fraction of sp³-hybridized carbons (Fsp3) is 0.200. The molecule has 0 aliphatic carbocycles. The summed E-state index contributed by atoms with van der Waals surface area (Å²) in [4.78, 5) is 17.6. The van der Waals surface area contributed by atoms with E-state index in [0.717, 1.165) is 22.6 Å². The Morgan fingerprint density at radius 1 is 0.933 bits per heavy atom. The van der Waals surface area contributed by atoms with Crippen LogP contribution in [0, 0.1) is 0 Å². The van der Waals surface area contributed by atoms with Crippen molar-refractivity contribution in [3.63, 3.8) is 0 Å². The molecule has 0 aromatic heterocycles. The van der Waals surface area contributed by atoms with Crippen LogP contribution in [0.4, 0.5) is 0 Å². The number of ether oxygens (including phenoxy) is 3. The van der Waals surface area contributed by atoms with Gasteiger partial charge in [-0.2, -0.15) is 0 Å². The van der Waals surface area contributed by atoms with Crippen molar-refractivity contribution < 1.29 is 19.0 Å². The lowest BCUT2D eigenvalue weighted by molar-refractivity contribution is 0.102. The summed E-state index contributed by atoms with van der Waals surface area (Å²) in [5.41, 5.74) is 2.60. The van der Waals surface area contributed by atoms with Crippen molar-refractivity contribution in [1.82, 2.24) is 0 Å². The summed E-state index contributed by atoms with van der Waals surface area (Å²) in [6.07, 6.45) is 0.650. The van der Waals surface area contributed by atoms with Crippen molar-refractivity contribution in [2.24, 2.45) is 4.99 Å². The monoisotopic (exact) mass is 401 g/mol. The zero-order chi connectivity index (χ0) is 20.8. The predicted molar refractivity (Wildman–Crippen MR) is 115 cm³/mol. The molecule has 0 saturated carbocycles. The van der Waals surface area contributed by atoms with Gasteiger partial charge in [0.15, 0.2) is 11.5 Å². The first-order valence-corrected chi connectivity index (χ1v) is 9.92. The van der Waals surface area contributed by atoms with Gasteiger partial charge in [-0.15, -0.1) is 0 Å². The molecule has 4 rings (SSSR count). The van der Waals surface area contributed by atoms with Crippen LogP contribution in [0.15, 0.2) is 83.9 Å². The van der Waals surface area contributed by atoms with Crippen molar-refractivity contribution in [3.8, 4) is 11.5 Å². The lowest BCUT2D eigenvalue weighted by Crippen LogP contribution is -2.21. The van der Waals surface area contributed by atoms with E-state index in [4.69, 9.17) is 14.2 Å². The smallest absolute Gasteiger partial charge is 0.259 e. The fourth-order valence-corrected chi connectivity index (χ4v) is 3.26. The van der Waals surface area contributed by atoms with E-state index in [1.54, 1.807) is 12.1 Å². The van der Waals surface area contributed by atoms with Gasteiger partial charge in [0.05, 0.1) is 6.04 Å². The average Bonchev–Trinajstić information content (AvgIpc) is 3.25. The standard InChI is InChI=1S/C25H23NO4/c1-18(14-20-12-13-22-23(15-20)30-17-29-22)26-25(24(27)21-10-6-3-7-11-21)28-16-19-8-4-2-5-9-19/h2-13,15,18H,14,16-17H2,1H3. The Morgan fingerprint density at radius 2 is 1.63 bits per heavy atom. The summed E-state index contributed by atoms with van der Waals surface area (Å²) in [5.74, 6) is 1.40. The Balaban J connectivity index is 1.52. The SMILES string of the molecule is CC(Cc1ccc2c(c1)OCO2)N=C(OCc1ccccc1)C(=O)c1ccccc1. The fourth-order valence-electron chi connectivity index (χ4n) is 3.26. The Kier molecular flexibility index (Phi) is 6.09. The molecule has 1 aliphatic heterocycles. The number of aliphatic imine (C=N–C) groups is 1. The number of carbonyl (C=O) groups excluding carboxylic acids is 1. The molecule has 0 saturated heterocycles. The first-order valence-electron chi connectivity index (χ1n) is 9.92. The van der Waals surface area contributed by atoms with Crippen molar-refractivity contribution in [3.05, 3.63) is 95.6 Å². The Labute approximate surface area is 175 Å². The summed E-state index contributed by atoms with van der Waals surface area (Å²) in [6.45, 7) is 2.50. The van der Waals surface area contributed by atoms with Gasteiger partial charge in [-0.25, -0.2) is 4.99 Å². The van der Waals surface area contributed by atoms with Crippen LogP contribution in [0.25, 0.3) is 0 Å². The molecule has 1 atom stereocenters. The minimum Gasteiger partial charge on any atom is -0.470 e. The minimum absolute atomic E-state index is 0.123. The second-order valence-electron chi connectivity index (χ2n) is 7.14. The van der Waals surface area contributed by atoms with Crippen LogP contribution in [0.5, 0.6) is 11.5 Å². The Bertz CT molecular complexity index is 1030. The molecule has 0 N–H and O–H groups in total. The summed E-state index contributed by atoms with van der Waals surface area (Å²) >= 11 is 0. The van der Waals surface area contributed by atoms with E-state index in [-0.39, 0.29) is 31.1 Å². The van der Waals surface area contributed by atoms with Gasteiger partial charge in [0.2, 0.25) is 12.6 Å². The maximum absolute atomic E-state index is 13.0. The zero-order valence-corrected chi connectivity index (χ0v) is 16.8. The largest absolute Gasteiger partial charge is 0.470 e. The minimum atomic E-state index is -0.218. The Hall–Kier alpha value is -3.60. The second-order valence-corrected chi connectivity index (χ2v) is 7.14. The van der Waals surface area contributed by atoms with Crippen LogP contribution in [0.3, 0.4) is 0 Å². The number of nitrogens with zero attached hydrogens (tertiary/aromatic N) is 1. The summed E-state index contributed by atoms with van der Waals surface area (Å²) in [5, 5.41) is 0. The molecule has 0 radical (unpaired) electrons. The average molecular weight is 401 g/mol. The third-order valence-corrected chi connectivity index (χ3v) is 4.75. The molecule has 5 heteroatoms. The number of benzene rings is 3. The highest BCUT2D eigenvalue weighted by molar-refractivity contribution is 6.42. The zero-order valence-electron chi connectivity index (χ0n) is 16.8. The van der Waals surface area contributed by atoms with E-state index < -0.39 is 0 Å². The molecule has 3 aromatic rings. The van der Waals surface area contributed by atoms with E-state index in [2.05, 4.69) is 4.99 Å². The molecule has 0 bridgehead atoms. The summed E-state index contributed by atoms with van der Waals surface area (Å²) < 4.78 is 16.7. The van der Waals surface area contributed by atoms with Crippen LogP contribution < -0.4 is 9.47 Å². The topological polar surface area (TPSA) is 57.1 Å². The molecule has 0 amide bonds. The lowest BCUT2D eigenvalue weighted by atomic mass is 10.1. The molecule has 0 fully saturated rings. The van der Waals surface area contributed by atoms with E-state index in [9.17, 15) is 4.79 Å². The van der Waals surface area contributed by atoms with Crippen molar-refractivity contribution in [2.45, 2.75) is 26.0 Å². The van der Waals surface area contributed by atoms with Gasteiger partial charge < -0.3 is 14.2 Å². The van der Waals surface area contributed by atoms with E-state index in [1.165, 1.54) is 0 Å². The maximum Gasteiger partial charge on any atom is 0.259 e. The number of fused-ring (bicyclic) bond motifs is 1. The van der Waals surface area contributed by atoms with Crippen molar-refractivity contribution in [2.75, 3.05) is 6.79 Å². The third-order valence-electron chi connectivity index (χ3n) is 4.75. The predicted octanol–water partition coefficient (Wildman–Crippen LogP) is 4.84. The van der Waals surface area contributed by atoms with Gasteiger partial charge in [0.25, 0.3) is 5.90 Å².